The number of rotatable bonds is 6. The smallest absolute Gasteiger partial charge is 0.348 e. The van der Waals surface area contributed by atoms with Gasteiger partial charge in [-0.3, -0.25) is 10.1 Å². The molecule has 0 N–H and O–H groups in total. The third kappa shape index (κ3) is 4.06. The molecule has 0 atom stereocenters. The number of nitrogens with zero attached hydrogens (tertiary/aromatic N) is 5. The molecule has 0 saturated carbocycles. The van der Waals surface area contributed by atoms with Crippen molar-refractivity contribution in [2.45, 2.75) is 20.5 Å². The number of benzene rings is 2. The zero-order valence-electron chi connectivity index (χ0n) is 19.0. The molecule has 2 aromatic carbocycles. The van der Waals surface area contributed by atoms with Crippen LogP contribution in [0.5, 0.6) is 5.75 Å². The molecular formula is C24H19N5O5S. The van der Waals surface area contributed by atoms with E-state index in [-0.39, 0.29) is 18.0 Å². The number of nitro groups is 1. The maximum Gasteiger partial charge on any atom is 0.348 e. The average molecular weight is 490 g/mol. The normalized spacial score (nSPS) is 11.2. The third-order valence-corrected chi connectivity index (χ3v) is 6.71. The number of hydrogen-bond donors (Lipinski definition) is 0. The van der Waals surface area contributed by atoms with E-state index in [4.69, 9.17) is 14.5 Å². The summed E-state index contributed by atoms with van der Waals surface area (Å²) in [7, 11) is 1.35. The minimum Gasteiger partial charge on any atom is -0.482 e. The van der Waals surface area contributed by atoms with Crippen molar-refractivity contribution >= 4 is 38.9 Å². The van der Waals surface area contributed by atoms with Crippen LogP contribution in [-0.2, 0) is 11.3 Å². The first-order chi connectivity index (χ1) is 16.9. The zero-order chi connectivity index (χ0) is 24.7. The molecule has 0 aliphatic rings. The number of aryl methyl sites for hydroxylation is 2. The Balaban J connectivity index is 1.47. The highest BCUT2D eigenvalue weighted by atomic mass is 32.1. The Morgan fingerprint density at radius 2 is 2.03 bits per heavy atom. The van der Waals surface area contributed by atoms with E-state index < -0.39 is 10.9 Å². The van der Waals surface area contributed by atoms with Crippen molar-refractivity contribution in [1.82, 2.24) is 19.6 Å². The first-order valence-corrected chi connectivity index (χ1v) is 11.4. The summed E-state index contributed by atoms with van der Waals surface area (Å²) in [4.78, 5) is 33.3. The van der Waals surface area contributed by atoms with Gasteiger partial charge in [-0.1, -0.05) is 24.3 Å². The Morgan fingerprint density at radius 3 is 2.80 bits per heavy atom. The van der Waals surface area contributed by atoms with Gasteiger partial charge in [0.05, 0.1) is 17.4 Å². The summed E-state index contributed by atoms with van der Waals surface area (Å²) in [5, 5.41) is 16.7. The second-order valence-corrected chi connectivity index (χ2v) is 8.89. The summed E-state index contributed by atoms with van der Waals surface area (Å²) in [6.07, 6.45) is 1.56. The molecule has 11 heteroatoms. The van der Waals surface area contributed by atoms with Gasteiger partial charge in [-0.15, -0.1) is 16.4 Å². The van der Waals surface area contributed by atoms with E-state index in [0.29, 0.717) is 21.2 Å². The monoisotopic (exact) mass is 489 g/mol. The number of methoxy groups -OCH3 is 1. The molecule has 176 valence electrons. The van der Waals surface area contributed by atoms with Gasteiger partial charge in [-0.25, -0.2) is 19.3 Å². The minimum atomic E-state index is -0.452. The molecule has 3 aromatic heterocycles. The lowest BCUT2D eigenvalue weighted by molar-refractivity contribution is -0.386. The lowest BCUT2D eigenvalue weighted by Gasteiger charge is -2.08. The van der Waals surface area contributed by atoms with E-state index in [2.05, 4.69) is 10.1 Å². The summed E-state index contributed by atoms with van der Waals surface area (Å²) in [6.45, 7) is 3.77. The molecule has 5 aromatic rings. The molecule has 3 heterocycles. The molecule has 0 unspecified atom stereocenters. The van der Waals surface area contributed by atoms with Gasteiger partial charge in [-0.05, 0) is 42.7 Å². The number of fused-ring (bicyclic) bond motifs is 3. The first kappa shape index (κ1) is 22.4. The van der Waals surface area contributed by atoms with E-state index in [9.17, 15) is 14.9 Å². The van der Waals surface area contributed by atoms with Crippen LogP contribution in [0.4, 0.5) is 5.69 Å². The Morgan fingerprint density at radius 1 is 1.20 bits per heavy atom. The molecule has 0 fully saturated rings. The number of carbonyl (C=O) groups is 1. The SMILES string of the molecule is COC(=O)c1sc2ncn3nc(-c4cccc(COc5ccc(C)cc5[N+](=O)[O-])c4)nc3c2c1C. The number of hydrogen-bond acceptors (Lipinski definition) is 9. The van der Waals surface area contributed by atoms with Gasteiger partial charge in [0, 0.05) is 11.6 Å². The Kier molecular flexibility index (Phi) is 5.61. The molecule has 0 saturated heterocycles. The van der Waals surface area contributed by atoms with Gasteiger partial charge < -0.3 is 9.47 Å². The van der Waals surface area contributed by atoms with E-state index in [0.717, 1.165) is 27.6 Å². The highest BCUT2D eigenvalue weighted by Crippen LogP contribution is 2.33. The van der Waals surface area contributed by atoms with Crippen LogP contribution >= 0.6 is 11.3 Å². The van der Waals surface area contributed by atoms with Crippen molar-refractivity contribution in [3.63, 3.8) is 0 Å². The fourth-order valence-electron chi connectivity index (χ4n) is 3.80. The van der Waals surface area contributed by atoms with Crippen LogP contribution in [0.15, 0.2) is 48.8 Å². The Labute approximate surface area is 202 Å². The van der Waals surface area contributed by atoms with Gasteiger partial charge in [0.15, 0.2) is 17.2 Å². The van der Waals surface area contributed by atoms with Crippen LogP contribution in [0.2, 0.25) is 0 Å². The van der Waals surface area contributed by atoms with Crippen molar-refractivity contribution in [2.24, 2.45) is 0 Å². The topological polar surface area (TPSA) is 122 Å². The lowest BCUT2D eigenvalue weighted by atomic mass is 10.1. The van der Waals surface area contributed by atoms with Gasteiger partial charge in [0.25, 0.3) is 0 Å². The van der Waals surface area contributed by atoms with E-state index >= 15 is 0 Å². The number of esters is 1. The van der Waals surface area contributed by atoms with E-state index in [1.807, 2.05) is 31.2 Å². The predicted octanol–water partition coefficient (Wildman–Crippen LogP) is 4.90. The molecular weight excluding hydrogens is 470 g/mol. The third-order valence-electron chi connectivity index (χ3n) is 5.53. The fourth-order valence-corrected chi connectivity index (χ4v) is 4.86. The predicted molar refractivity (Wildman–Crippen MR) is 130 cm³/mol. The van der Waals surface area contributed by atoms with E-state index in [1.54, 1.807) is 29.9 Å². The molecule has 0 bridgehead atoms. The summed E-state index contributed by atoms with van der Waals surface area (Å²) >= 11 is 1.26. The Bertz CT molecular complexity index is 1620. The first-order valence-electron chi connectivity index (χ1n) is 10.6. The van der Waals surface area contributed by atoms with E-state index in [1.165, 1.54) is 24.5 Å². The van der Waals surface area contributed by atoms with Crippen molar-refractivity contribution in [3.05, 3.63) is 80.5 Å². The van der Waals surface area contributed by atoms with Gasteiger partial charge >= 0.3 is 11.7 Å². The number of nitro benzene ring substituents is 1. The summed E-state index contributed by atoms with van der Waals surface area (Å²) < 4.78 is 12.2. The number of ether oxygens (including phenoxy) is 2. The Hall–Kier alpha value is -4.38. The average Bonchev–Trinajstić information content (AvgIpc) is 3.44. The standard InChI is InChI=1S/C24H19N5O5S/c1-13-7-8-18(17(9-13)29(31)32)34-11-15-5-4-6-16(10-15)21-26-22-19-14(2)20(24(30)33-3)35-23(19)25-12-28(22)27-21/h4-10,12H,11H2,1-3H3. The van der Waals surface area contributed by atoms with Gasteiger partial charge in [0.2, 0.25) is 0 Å². The minimum absolute atomic E-state index is 0.0721. The van der Waals surface area contributed by atoms with Crippen LogP contribution in [0, 0.1) is 24.0 Å². The van der Waals surface area contributed by atoms with Crippen LogP contribution < -0.4 is 4.74 Å². The van der Waals surface area contributed by atoms with Crippen molar-refractivity contribution in [2.75, 3.05) is 7.11 Å². The van der Waals surface area contributed by atoms with Gasteiger partial charge in [0.1, 0.15) is 22.6 Å². The zero-order valence-corrected chi connectivity index (χ0v) is 19.8. The fraction of sp³-hybridized carbons (Fsp3) is 0.167. The second kappa shape index (κ2) is 8.76. The molecule has 10 nitrogen and oxygen atoms in total. The van der Waals surface area contributed by atoms with Crippen molar-refractivity contribution in [1.29, 1.82) is 0 Å². The number of aromatic nitrogens is 4. The molecule has 0 radical (unpaired) electrons. The van der Waals surface area contributed by atoms with Crippen LogP contribution in [0.3, 0.4) is 0 Å². The number of thiophene rings is 1. The van der Waals surface area contributed by atoms with Crippen molar-refractivity contribution in [3.8, 4) is 17.1 Å². The second-order valence-electron chi connectivity index (χ2n) is 7.89. The molecule has 0 aliphatic heterocycles. The van der Waals surface area contributed by atoms with Crippen LogP contribution in [0.25, 0.3) is 27.3 Å². The van der Waals surface area contributed by atoms with Gasteiger partial charge in [-0.2, -0.15) is 0 Å². The highest BCUT2D eigenvalue weighted by molar-refractivity contribution is 7.20. The molecule has 5 rings (SSSR count). The number of carbonyl (C=O) groups excluding carboxylic acids is 1. The largest absolute Gasteiger partial charge is 0.482 e. The van der Waals surface area contributed by atoms with Crippen molar-refractivity contribution < 1.29 is 19.2 Å². The van der Waals surface area contributed by atoms with Crippen LogP contribution in [-0.4, -0.2) is 37.6 Å². The maximum absolute atomic E-state index is 12.1. The summed E-state index contributed by atoms with van der Waals surface area (Å²) in [6, 6.07) is 12.3. The summed E-state index contributed by atoms with van der Waals surface area (Å²) in [5.41, 5.74) is 3.60. The molecule has 0 aliphatic carbocycles. The maximum atomic E-state index is 12.1. The quantitative estimate of drug-likeness (QED) is 0.188. The highest BCUT2D eigenvalue weighted by Gasteiger charge is 2.21. The summed E-state index contributed by atoms with van der Waals surface area (Å²) in [5.74, 6) is 0.275. The lowest BCUT2D eigenvalue weighted by Crippen LogP contribution is -2.00. The molecule has 0 amide bonds. The van der Waals surface area contributed by atoms with Crippen LogP contribution in [0.1, 0.15) is 26.4 Å². The molecule has 0 spiro atoms. The molecule has 35 heavy (non-hydrogen) atoms.